The molecule has 1 fully saturated rings. The Labute approximate surface area is 111 Å². The van der Waals surface area contributed by atoms with Crippen molar-refractivity contribution in [3.63, 3.8) is 0 Å². The highest BCUT2D eigenvalue weighted by Crippen LogP contribution is 2.46. The van der Waals surface area contributed by atoms with Crippen LogP contribution in [0.5, 0.6) is 0 Å². The van der Waals surface area contributed by atoms with Gasteiger partial charge in [-0.1, -0.05) is 27.7 Å². The molecule has 0 aliphatic heterocycles. The SMILES string of the molecule is Cc1cncc(NC2CC(C)(C)CC(C)(C)C2)c1. The molecule has 2 nitrogen and oxygen atoms in total. The summed E-state index contributed by atoms with van der Waals surface area (Å²) in [6.45, 7) is 11.6. The molecular weight excluding hydrogens is 220 g/mol. The van der Waals surface area contributed by atoms with Gasteiger partial charge in [0, 0.05) is 18.4 Å². The fourth-order valence-corrected chi connectivity index (χ4v) is 3.82. The first-order chi connectivity index (χ1) is 8.26. The number of anilines is 1. The van der Waals surface area contributed by atoms with Crippen LogP contribution in [-0.2, 0) is 0 Å². The van der Waals surface area contributed by atoms with Gasteiger partial charge in [-0.05, 0) is 48.6 Å². The van der Waals surface area contributed by atoms with E-state index >= 15 is 0 Å². The van der Waals surface area contributed by atoms with E-state index in [-0.39, 0.29) is 0 Å². The largest absolute Gasteiger partial charge is 0.381 e. The number of aryl methyl sites for hydroxylation is 1. The number of hydrogen-bond acceptors (Lipinski definition) is 2. The van der Waals surface area contributed by atoms with Crippen molar-refractivity contribution >= 4 is 5.69 Å². The Morgan fingerprint density at radius 3 is 2.28 bits per heavy atom. The molecule has 2 rings (SSSR count). The van der Waals surface area contributed by atoms with Crippen LogP contribution in [0.1, 0.15) is 52.5 Å². The summed E-state index contributed by atoms with van der Waals surface area (Å²) in [5.74, 6) is 0. The number of nitrogens with zero attached hydrogens (tertiary/aromatic N) is 1. The molecule has 0 amide bonds. The van der Waals surface area contributed by atoms with E-state index in [1.54, 1.807) is 0 Å². The summed E-state index contributed by atoms with van der Waals surface area (Å²) in [5.41, 5.74) is 3.23. The minimum absolute atomic E-state index is 0.427. The second kappa shape index (κ2) is 4.56. The molecule has 0 radical (unpaired) electrons. The lowest BCUT2D eigenvalue weighted by Gasteiger charge is -2.45. The van der Waals surface area contributed by atoms with Crippen molar-refractivity contribution in [1.82, 2.24) is 4.98 Å². The van der Waals surface area contributed by atoms with Crippen molar-refractivity contribution in [3.05, 3.63) is 24.0 Å². The summed E-state index contributed by atoms with van der Waals surface area (Å²) in [7, 11) is 0. The third-order valence-corrected chi connectivity index (χ3v) is 3.80. The van der Waals surface area contributed by atoms with Crippen LogP contribution in [0.3, 0.4) is 0 Å². The highest BCUT2D eigenvalue weighted by atomic mass is 14.9. The topological polar surface area (TPSA) is 24.9 Å². The lowest BCUT2D eigenvalue weighted by Crippen LogP contribution is -2.40. The molecule has 1 aliphatic rings. The Kier molecular flexibility index (Phi) is 3.39. The van der Waals surface area contributed by atoms with Crippen LogP contribution in [0, 0.1) is 17.8 Å². The van der Waals surface area contributed by atoms with Crippen molar-refractivity contribution in [1.29, 1.82) is 0 Å². The highest BCUT2D eigenvalue weighted by molar-refractivity contribution is 5.43. The summed E-state index contributed by atoms with van der Waals surface area (Å²) in [6, 6.07) is 2.74. The lowest BCUT2D eigenvalue weighted by atomic mass is 9.63. The van der Waals surface area contributed by atoms with Crippen LogP contribution >= 0.6 is 0 Å². The van der Waals surface area contributed by atoms with Gasteiger partial charge in [0.1, 0.15) is 0 Å². The van der Waals surface area contributed by atoms with E-state index in [2.05, 4.69) is 51.0 Å². The minimum Gasteiger partial charge on any atom is -0.381 e. The van der Waals surface area contributed by atoms with E-state index in [0.29, 0.717) is 16.9 Å². The molecule has 0 saturated heterocycles. The van der Waals surface area contributed by atoms with E-state index < -0.39 is 0 Å². The third-order valence-electron chi connectivity index (χ3n) is 3.80. The van der Waals surface area contributed by atoms with Crippen molar-refractivity contribution in [2.24, 2.45) is 10.8 Å². The summed E-state index contributed by atoms with van der Waals surface area (Å²) in [4.78, 5) is 4.26. The Hall–Kier alpha value is -1.05. The fourth-order valence-electron chi connectivity index (χ4n) is 3.82. The molecule has 0 aromatic carbocycles. The quantitative estimate of drug-likeness (QED) is 0.836. The molecule has 0 unspecified atom stereocenters. The average Bonchev–Trinajstić information content (AvgIpc) is 2.11. The van der Waals surface area contributed by atoms with Crippen molar-refractivity contribution < 1.29 is 0 Å². The number of pyridine rings is 1. The van der Waals surface area contributed by atoms with Gasteiger partial charge in [0.05, 0.1) is 5.69 Å². The van der Waals surface area contributed by atoms with Crippen LogP contribution in [0.4, 0.5) is 5.69 Å². The maximum absolute atomic E-state index is 4.26. The van der Waals surface area contributed by atoms with Gasteiger partial charge in [0.25, 0.3) is 0 Å². The fraction of sp³-hybridized carbons (Fsp3) is 0.688. The summed E-state index contributed by atoms with van der Waals surface area (Å²) < 4.78 is 0. The molecule has 1 N–H and O–H groups in total. The number of nitrogens with one attached hydrogen (secondary N) is 1. The lowest BCUT2D eigenvalue weighted by molar-refractivity contribution is 0.105. The monoisotopic (exact) mass is 246 g/mol. The van der Waals surface area contributed by atoms with E-state index in [4.69, 9.17) is 0 Å². The maximum atomic E-state index is 4.26. The maximum Gasteiger partial charge on any atom is 0.0531 e. The van der Waals surface area contributed by atoms with Gasteiger partial charge in [-0.2, -0.15) is 0 Å². The zero-order chi connectivity index (χ0) is 13.4. The zero-order valence-electron chi connectivity index (χ0n) is 12.4. The molecule has 0 bridgehead atoms. The number of aromatic nitrogens is 1. The normalized spacial score (nSPS) is 22.7. The number of rotatable bonds is 2. The van der Waals surface area contributed by atoms with Crippen LogP contribution in [0.15, 0.2) is 18.5 Å². The Bertz CT molecular complexity index is 405. The molecule has 0 spiro atoms. The van der Waals surface area contributed by atoms with Gasteiger partial charge in [-0.15, -0.1) is 0 Å². The van der Waals surface area contributed by atoms with Crippen LogP contribution in [-0.4, -0.2) is 11.0 Å². The molecule has 0 atom stereocenters. The molecule has 1 aliphatic carbocycles. The Balaban J connectivity index is 2.09. The molecule has 1 saturated carbocycles. The Morgan fingerprint density at radius 1 is 1.11 bits per heavy atom. The van der Waals surface area contributed by atoms with E-state index in [1.165, 1.54) is 24.8 Å². The first-order valence-electron chi connectivity index (χ1n) is 6.94. The first-order valence-corrected chi connectivity index (χ1v) is 6.94. The predicted octanol–water partition coefficient (Wildman–Crippen LogP) is 4.41. The second-order valence-corrected chi connectivity index (χ2v) is 7.51. The van der Waals surface area contributed by atoms with Crippen molar-refractivity contribution in [3.8, 4) is 0 Å². The second-order valence-electron chi connectivity index (χ2n) is 7.51. The summed E-state index contributed by atoms with van der Waals surface area (Å²) in [6.07, 6.45) is 7.63. The average molecular weight is 246 g/mol. The molecule has 1 heterocycles. The third kappa shape index (κ3) is 3.47. The standard InChI is InChI=1S/C16H26N2/c1-12-6-13(10-17-9-12)18-14-7-15(2,3)11-16(4,5)8-14/h6,9-10,14,18H,7-8,11H2,1-5H3. The summed E-state index contributed by atoms with van der Waals surface area (Å²) in [5, 5.41) is 3.67. The molecule has 18 heavy (non-hydrogen) atoms. The van der Waals surface area contributed by atoms with Gasteiger partial charge in [0.15, 0.2) is 0 Å². The van der Waals surface area contributed by atoms with Crippen LogP contribution < -0.4 is 5.32 Å². The molecule has 100 valence electrons. The summed E-state index contributed by atoms with van der Waals surface area (Å²) >= 11 is 0. The van der Waals surface area contributed by atoms with Crippen LogP contribution in [0.25, 0.3) is 0 Å². The van der Waals surface area contributed by atoms with Gasteiger partial charge >= 0.3 is 0 Å². The zero-order valence-corrected chi connectivity index (χ0v) is 12.4. The molecule has 1 aromatic rings. The Morgan fingerprint density at radius 2 is 1.72 bits per heavy atom. The van der Waals surface area contributed by atoms with Gasteiger partial charge in [-0.3, -0.25) is 4.98 Å². The molecular formula is C16H26N2. The first kappa shape index (κ1) is 13.4. The highest BCUT2D eigenvalue weighted by Gasteiger charge is 2.38. The van der Waals surface area contributed by atoms with E-state index in [0.717, 1.165) is 5.69 Å². The number of hydrogen-bond donors (Lipinski definition) is 1. The minimum atomic E-state index is 0.427. The molecule has 1 aromatic heterocycles. The van der Waals surface area contributed by atoms with Gasteiger partial charge in [-0.25, -0.2) is 0 Å². The molecule has 2 heteroatoms. The van der Waals surface area contributed by atoms with Gasteiger partial charge < -0.3 is 5.32 Å². The van der Waals surface area contributed by atoms with Gasteiger partial charge in [0.2, 0.25) is 0 Å². The smallest absolute Gasteiger partial charge is 0.0531 e. The van der Waals surface area contributed by atoms with E-state index in [1.807, 2.05) is 12.4 Å². The predicted molar refractivity (Wildman–Crippen MR) is 77.8 cm³/mol. The van der Waals surface area contributed by atoms with E-state index in [9.17, 15) is 0 Å². The van der Waals surface area contributed by atoms with Crippen LogP contribution in [0.2, 0.25) is 0 Å². The van der Waals surface area contributed by atoms with Crippen molar-refractivity contribution in [2.75, 3.05) is 5.32 Å². The van der Waals surface area contributed by atoms with Crippen molar-refractivity contribution in [2.45, 2.75) is 59.9 Å².